The molecule has 0 bridgehead atoms. The first kappa shape index (κ1) is 14.7. The van der Waals surface area contributed by atoms with Crippen LogP contribution in [0.3, 0.4) is 0 Å². The molecule has 0 unspecified atom stereocenters. The lowest BCUT2D eigenvalue weighted by Gasteiger charge is -2.04. The van der Waals surface area contributed by atoms with Gasteiger partial charge in [-0.3, -0.25) is 4.79 Å². The van der Waals surface area contributed by atoms with Crippen molar-refractivity contribution in [3.8, 4) is 0 Å². The Hall–Kier alpha value is -0.780. The fourth-order valence-electron chi connectivity index (χ4n) is 0.270. The van der Waals surface area contributed by atoms with Gasteiger partial charge in [-0.25, -0.2) is 0 Å². The van der Waals surface area contributed by atoms with E-state index in [9.17, 15) is 18.0 Å². The fraction of sp³-hybridized carbons (Fsp3) is 0.857. The number of amides is 1. The number of hydrogen-bond donors (Lipinski definition) is 2. The van der Waals surface area contributed by atoms with E-state index in [4.69, 9.17) is 5.11 Å². The van der Waals surface area contributed by atoms with E-state index in [1.807, 2.05) is 0 Å². The van der Waals surface area contributed by atoms with Gasteiger partial charge in [-0.05, 0) is 0 Å². The Morgan fingerprint density at radius 1 is 1.38 bits per heavy atom. The molecule has 0 saturated heterocycles. The summed E-state index contributed by atoms with van der Waals surface area (Å²) in [5.74, 6) is -2.03. The molecule has 2 N–H and O–H groups in total. The van der Waals surface area contributed by atoms with E-state index in [0.717, 1.165) is 0 Å². The van der Waals surface area contributed by atoms with Gasteiger partial charge in [0, 0.05) is 6.54 Å². The highest BCUT2D eigenvalue weighted by Gasteiger charge is 2.37. The van der Waals surface area contributed by atoms with Crippen LogP contribution in [0.25, 0.3) is 0 Å². The first-order valence-electron chi connectivity index (χ1n) is 3.86. The second-order valence-corrected chi connectivity index (χ2v) is 2.18. The Labute approximate surface area is 74.9 Å². The summed E-state index contributed by atoms with van der Waals surface area (Å²) in [6.45, 7) is 3.38. The molecule has 0 aliphatic heterocycles. The van der Waals surface area contributed by atoms with E-state index in [0.29, 0.717) is 0 Å². The molecule has 3 nitrogen and oxygen atoms in total. The molecule has 0 radical (unpaired) electrons. The first-order chi connectivity index (χ1) is 5.90. The molecule has 0 aromatic carbocycles. The smallest absolute Gasteiger partial charge is 0.395 e. The number of carbonyl (C=O) groups excluding carboxylic acids is 1. The molecule has 0 aliphatic rings. The van der Waals surface area contributed by atoms with Crippen molar-refractivity contribution in [3.63, 3.8) is 0 Å². The molecule has 0 aromatic rings. The normalized spacial score (nSPS) is 10.0. The van der Waals surface area contributed by atoms with Crippen molar-refractivity contribution < 1.29 is 23.1 Å². The number of rotatable bonds is 2. The van der Waals surface area contributed by atoms with Crippen LogP contribution in [0.5, 0.6) is 0 Å². The number of aliphatic hydroxyl groups is 1. The molecule has 0 heterocycles. The lowest BCUT2D eigenvalue weighted by molar-refractivity contribution is -0.173. The summed E-state index contributed by atoms with van der Waals surface area (Å²) >= 11 is 0. The molecule has 13 heavy (non-hydrogen) atoms. The zero-order valence-electron chi connectivity index (χ0n) is 7.61. The molecule has 0 saturated carbocycles. The predicted molar refractivity (Wildman–Crippen MR) is 42.1 cm³/mol. The average Bonchev–Trinajstić information content (AvgIpc) is 1.99. The standard InChI is InChI=1S/C4H6F3NO2.C3H8/c5-4(6,7)3(10)8-1-2-9;1-3-2/h9H,1-2H2,(H,8,10);3H2,1-2H3. The number of carbonyl (C=O) groups is 1. The van der Waals surface area contributed by atoms with Gasteiger partial charge < -0.3 is 10.4 Å². The third-order valence-corrected chi connectivity index (χ3v) is 0.655. The lowest BCUT2D eigenvalue weighted by Crippen LogP contribution is -2.38. The highest BCUT2D eigenvalue weighted by atomic mass is 19.4. The van der Waals surface area contributed by atoms with Crippen molar-refractivity contribution in [1.29, 1.82) is 0 Å². The Morgan fingerprint density at radius 3 is 2.00 bits per heavy atom. The summed E-state index contributed by atoms with van der Waals surface area (Å²) in [5.41, 5.74) is 0. The molecule has 0 fully saturated rings. The van der Waals surface area contributed by atoms with Crippen molar-refractivity contribution in [3.05, 3.63) is 0 Å². The monoisotopic (exact) mass is 201 g/mol. The molecule has 0 aromatic heterocycles. The van der Waals surface area contributed by atoms with E-state index in [-0.39, 0.29) is 6.54 Å². The Kier molecular flexibility index (Phi) is 8.89. The number of aliphatic hydroxyl groups excluding tert-OH is 1. The van der Waals surface area contributed by atoms with Gasteiger partial charge in [0.1, 0.15) is 0 Å². The Morgan fingerprint density at radius 2 is 1.77 bits per heavy atom. The van der Waals surface area contributed by atoms with Crippen molar-refractivity contribution in [1.82, 2.24) is 5.32 Å². The summed E-state index contributed by atoms with van der Waals surface area (Å²) < 4.78 is 33.8. The summed E-state index contributed by atoms with van der Waals surface area (Å²) in [7, 11) is 0. The second kappa shape index (κ2) is 7.85. The van der Waals surface area contributed by atoms with Gasteiger partial charge in [-0.1, -0.05) is 20.3 Å². The van der Waals surface area contributed by atoms with E-state index >= 15 is 0 Å². The van der Waals surface area contributed by atoms with E-state index in [2.05, 4.69) is 13.8 Å². The first-order valence-corrected chi connectivity index (χ1v) is 3.86. The lowest BCUT2D eigenvalue weighted by atomic mass is 10.5. The number of nitrogens with one attached hydrogen (secondary N) is 1. The van der Waals surface area contributed by atoms with Gasteiger partial charge >= 0.3 is 12.1 Å². The zero-order chi connectivity index (χ0) is 10.9. The van der Waals surface area contributed by atoms with Crippen molar-refractivity contribution >= 4 is 5.91 Å². The third kappa shape index (κ3) is 11.2. The third-order valence-electron chi connectivity index (χ3n) is 0.655. The summed E-state index contributed by atoms with van der Waals surface area (Å²) in [5, 5.41) is 9.46. The highest BCUT2D eigenvalue weighted by molar-refractivity contribution is 5.81. The number of halogens is 3. The van der Waals surface area contributed by atoms with Crippen LogP contribution in [-0.4, -0.2) is 30.3 Å². The minimum absolute atomic E-state index is 0.377. The minimum Gasteiger partial charge on any atom is -0.395 e. The van der Waals surface area contributed by atoms with Crippen LogP contribution in [0.2, 0.25) is 0 Å². The maximum atomic E-state index is 11.3. The minimum atomic E-state index is -4.85. The fourth-order valence-corrected chi connectivity index (χ4v) is 0.270. The Balaban J connectivity index is 0. The molecule has 0 rings (SSSR count). The van der Waals surface area contributed by atoms with Crippen LogP contribution in [0.15, 0.2) is 0 Å². The summed E-state index contributed by atoms with van der Waals surface area (Å²) in [6, 6.07) is 0. The maximum Gasteiger partial charge on any atom is 0.471 e. The summed E-state index contributed by atoms with van der Waals surface area (Å²) in [4.78, 5) is 9.88. The molecular weight excluding hydrogens is 187 g/mol. The summed E-state index contributed by atoms with van der Waals surface area (Å²) in [6.07, 6.45) is -3.60. The quantitative estimate of drug-likeness (QED) is 0.702. The van der Waals surface area contributed by atoms with Crippen molar-refractivity contribution in [2.75, 3.05) is 13.2 Å². The van der Waals surface area contributed by atoms with Crippen LogP contribution in [0.1, 0.15) is 20.3 Å². The van der Waals surface area contributed by atoms with Gasteiger partial charge in [-0.2, -0.15) is 13.2 Å². The number of alkyl halides is 3. The van der Waals surface area contributed by atoms with Crippen LogP contribution in [0.4, 0.5) is 13.2 Å². The van der Waals surface area contributed by atoms with Crippen LogP contribution in [-0.2, 0) is 4.79 Å². The molecule has 0 aliphatic carbocycles. The molecule has 80 valence electrons. The van der Waals surface area contributed by atoms with Gasteiger partial charge in [0.15, 0.2) is 0 Å². The van der Waals surface area contributed by atoms with E-state index in [1.165, 1.54) is 11.7 Å². The zero-order valence-corrected chi connectivity index (χ0v) is 7.61. The maximum absolute atomic E-state index is 11.3. The van der Waals surface area contributed by atoms with E-state index in [1.54, 1.807) is 0 Å². The van der Waals surface area contributed by atoms with Crippen LogP contribution >= 0.6 is 0 Å². The SMILES string of the molecule is CCC.O=C(NCCO)C(F)(F)F. The van der Waals surface area contributed by atoms with Crippen molar-refractivity contribution in [2.24, 2.45) is 0 Å². The predicted octanol–water partition coefficient (Wildman–Crippen LogP) is 1.07. The number of hydrogen-bond acceptors (Lipinski definition) is 2. The van der Waals surface area contributed by atoms with Gasteiger partial charge in [0.05, 0.1) is 6.61 Å². The largest absolute Gasteiger partial charge is 0.471 e. The Bertz CT molecular complexity index is 136. The van der Waals surface area contributed by atoms with Crippen LogP contribution in [0, 0.1) is 0 Å². The molecule has 0 atom stereocenters. The van der Waals surface area contributed by atoms with Gasteiger partial charge in [0.2, 0.25) is 0 Å². The molecule has 0 spiro atoms. The topological polar surface area (TPSA) is 49.3 Å². The van der Waals surface area contributed by atoms with Gasteiger partial charge in [0.25, 0.3) is 0 Å². The molecule has 6 heteroatoms. The van der Waals surface area contributed by atoms with Crippen molar-refractivity contribution in [2.45, 2.75) is 26.4 Å². The van der Waals surface area contributed by atoms with E-state index < -0.39 is 18.7 Å². The van der Waals surface area contributed by atoms with Crippen LogP contribution < -0.4 is 5.32 Å². The molecular formula is C7H14F3NO2. The molecule has 1 amide bonds. The average molecular weight is 201 g/mol. The highest BCUT2D eigenvalue weighted by Crippen LogP contribution is 2.13. The van der Waals surface area contributed by atoms with Gasteiger partial charge in [-0.15, -0.1) is 0 Å². The second-order valence-electron chi connectivity index (χ2n) is 2.18.